The quantitative estimate of drug-likeness (QED) is 0.549. The Morgan fingerprint density at radius 1 is 1.31 bits per heavy atom. The van der Waals surface area contributed by atoms with Gasteiger partial charge < -0.3 is 10.1 Å². The van der Waals surface area contributed by atoms with Gasteiger partial charge in [-0.2, -0.15) is 13.2 Å². The maximum absolute atomic E-state index is 12.8. The number of thioether (sulfide) groups is 1. The molecule has 1 aliphatic heterocycles. The lowest BCUT2D eigenvalue weighted by atomic mass is 10.0. The largest absolute Gasteiger partial charge is 0.416 e. The number of hydrogen-bond acceptors (Lipinski definition) is 4. The highest BCUT2D eigenvalue weighted by molar-refractivity contribution is 8.00. The van der Waals surface area contributed by atoms with Crippen molar-refractivity contribution in [3.8, 4) is 0 Å². The minimum absolute atomic E-state index is 0.0954. The number of benzene rings is 1. The second-order valence-electron chi connectivity index (χ2n) is 5.89. The van der Waals surface area contributed by atoms with E-state index in [1.807, 2.05) is 0 Å². The second-order valence-corrected chi connectivity index (χ2v) is 6.92. The SMILES string of the molecule is C=CCSCC(=O)NCC(c1ccc(C(F)(F)F)cc1)N1CCOCC1. The van der Waals surface area contributed by atoms with Gasteiger partial charge in [0.15, 0.2) is 0 Å². The van der Waals surface area contributed by atoms with Gasteiger partial charge in [-0.1, -0.05) is 18.2 Å². The zero-order valence-corrected chi connectivity index (χ0v) is 15.2. The van der Waals surface area contributed by atoms with Crippen molar-refractivity contribution in [2.75, 3.05) is 44.4 Å². The molecule has 26 heavy (non-hydrogen) atoms. The van der Waals surface area contributed by atoms with Crippen molar-refractivity contribution in [2.45, 2.75) is 12.2 Å². The monoisotopic (exact) mass is 388 g/mol. The Morgan fingerprint density at radius 3 is 2.54 bits per heavy atom. The first kappa shape index (κ1) is 20.8. The van der Waals surface area contributed by atoms with E-state index in [1.54, 1.807) is 6.08 Å². The van der Waals surface area contributed by atoms with Gasteiger partial charge in [0, 0.05) is 25.4 Å². The molecule has 0 aliphatic carbocycles. The van der Waals surface area contributed by atoms with Crippen LogP contribution in [-0.2, 0) is 15.7 Å². The molecule has 4 nitrogen and oxygen atoms in total. The summed E-state index contributed by atoms with van der Waals surface area (Å²) in [6.45, 7) is 6.44. The molecule has 1 aliphatic rings. The number of rotatable bonds is 8. The minimum Gasteiger partial charge on any atom is -0.379 e. The van der Waals surface area contributed by atoms with Crippen molar-refractivity contribution in [2.24, 2.45) is 0 Å². The molecule has 1 amide bonds. The minimum atomic E-state index is -4.36. The standard InChI is InChI=1S/C18H23F3N2O2S/c1-2-11-26-13-17(24)22-12-16(23-7-9-25-10-8-23)14-3-5-15(6-4-14)18(19,20)21/h2-6,16H,1,7-13H2,(H,22,24). The molecule has 0 saturated carbocycles. The Hall–Kier alpha value is -1.51. The Morgan fingerprint density at radius 2 is 1.96 bits per heavy atom. The molecule has 1 fully saturated rings. The summed E-state index contributed by atoms with van der Waals surface area (Å²) in [4.78, 5) is 14.1. The van der Waals surface area contributed by atoms with E-state index in [9.17, 15) is 18.0 Å². The van der Waals surface area contributed by atoms with Crippen LogP contribution in [-0.4, -0.2) is 55.2 Å². The van der Waals surface area contributed by atoms with Crippen molar-refractivity contribution in [3.05, 3.63) is 48.0 Å². The van der Waals surface area contributed by atoms with Gasteiger partial charge in [0.2, 0.25) is 5.91 Å². The summed E-state index contributed by atoms with van der Waals surface area (Å²) in [5.41, 5.74) is 0.0748. The summed E-state index contributed by atoms with van der Waals surface area (Å²) < 4.78 is 43.7. The molecule has 0 aromatic heterocycles. The topological polar surface area (TPSA) is 41.6 Å². The molecule has 1 aromatic carbocycles. The van der Waals surface area contributed by atoms with Crippen LogP contribution in [0.3, 0.4) is 0 Å². The first-order valence-electron chi connectivity index (χ1n) is 8.36. The molecular formula is C18H23F3N2O2S. The summed E-state index contributed by atoms with van der Waals surface area (Å²) in [5.74, 6) is 0.927. The summed E-state index contributed by atoms with van der Waals surface area (Å²) in [5, 5.41) is 2.88. The average molecular weight is 388 g/mol. The van der Waals surface area contributed by atoms with Gasteiger partial charge in [0.05, 0.1) is 30.6 Å². The normalized spacial score (nSPS) is 16.9. The molecule has 1 unspecified atom stereocenters. The number of alkyl halides is 3. The zero-order valence-electron chi connectivity index (χ0n) is 14.4. The van der Waals surface area contributed by atoms with Crippen LogP contribution in [0.4, 0.5) is 13.2 Å². The molecule has 1 aromatic rings. The number of carbonyl (C=O) groups excluding carboxylic acids is 1. The Labute approximate surface area is 155 Å². The van der Waals surface area contributed by atoms with Gasteiger partial charge in [0.1, 0.15) is 0 Å². The molecule has 1 N–H and O–H groups in total. The molecule has 0 spiro atoms. The lowest BCUT2D eigenvalue weighted by Gasteiger charge is -2.35. The number of ether oxygens (including phenoxy) is 1. The fraction of sp³-hybridized carbons (Fsp3) is 0.500. The summed E-state index contributed by atoms with van der Waals surface area (Å²) >= 11 is 1.46. The van der Waals surface area contributed by atoms with Crippen molar-refractivity contribution in [3.63, 3.8) is 0 Å². The number of amides is 1. The van der Waals surface area contributed by atoms with Gasteiger partial charge in [-0.25, -0.2) is 0 Å². The van der Waals surface area contributed by atoms with Crippen LogP contribution < -0.4 is 5.32 Å². The third-order valence-corrected chi connectivity index (χ3v) is 5.01. The van der Waals surface area contributed by atoms with Crippen LogP contribution >= 0.6 is 11.8 Å². The van der Waals surface area contributed by atoms with E-state index in [-0.39, 0.29) is 11.9 Å². The predicted octanol–water partition coefficient (Wildman–Crippen LogP) is 3.11. The Kier molecular flexibility index (Phi) is 7.99. The number of nitrogens with zero attached hydrogens (tertiary/aromatic N) is 1. The second kappa shape index (κ2) is 9.99. The molecule has 0 radical (unpaired) electrons. The number of morpholine rings is 1. The fourth-order valence-electron chi connectivity index (χ4n) is 2.74. The van der Waals surface area contributed by atoms with Gasteiger partial charge in [-0.3, -0.25) is 9.69 Å². The van der Waals surface area contributed by atoms with E-state index in [2.05, 4.69) is 16.8 Å². The van der Waals surface area contributed by atoms with Gasteiger partial charge in [0.25, 0.3) is 0 Å². The molecule has 0 bridgehead atoms. The van der Waals surface area contributed by atoms with Gasteiger partial charge in [-0.05, 0) is 17.7 Å². The Balaban J connectivity index is 2.05. The average Bonchev–Trinajstić information content (AvgIpc) is 2.63. The van der Waals surface area contributed by atoms with Crippen LogP contribution in [0.5, 0.6) is 0 Å². The molecule has 8 heteroatoms. The molecule has 2 rings (SSSR count). The van der Waals surface area contributed by atoms with Crippen LogP contribution in [0.15, 0.2) is 36.9 Å². The summed E-state index contributed by atoms with van der Waals surface area (Å²) in [6, 6.07) is 4.97. The number of hydrogen-bond donors (Lipinski definition) is 1. The van der Waals surface area contributed by atoms with Crippen LogP contribution in [0.2, 0.25) is 0 Å². The number of carbonyl (C=O) groups is 1. The number of nitrogens with one attached hydrogen (secondary N) is 1. The van der Waals surface area contributed by atoms with E-state index in [1.165, 1.54) is 23.9 Å². The molecule has 1 saturated heterocycles. The maximum atomic E-state index is 12.8. The number of halogens is 3. The van der Waals surface area contributed by atoms with E-state index in [4.69, 9.17) is 4.74 Å². The highest BCUT2D eigenvalue weighted by Crippen LogP contribution is 2.31. The van der Waals surface area contributed by atoms with Crippen molar-refractivity contribution < 1.29 is 22.7 Å². The van der Waals surface area contributed by atoms with Gasteiger partial charge in [-0.15, -0.1) is 18.3 Å². The summed E-state index contributed by atoms with van der Waals surface area (Å²) in [7, 11) is 0. The molecule has 1 atom stereocenters. The third-order valence-electron chi connectivity index (χ3n) is 4.07. The Bertz CT molecular complexity index is 587. The van der Waals surface area contributed by atoms with Crippen LogP contribution in [0, 0.1) is 0 Å². The summed E-state index contributed by atoms with van der Waals surface area (Å²) in [6.07, 6.45) is -2.62. The maximum Gasteiger partial charge on any atom is 0.416 e. The molecule has 1 heterocycles. The van der Waals surface area contributed by atoms with E-state index >= 15 is 0 Å². The zero-order chi connectivity index (χ0) is 19.0. The predicted molar refractivity (Wildman–Crippen MR) is 97.1 cm³/mol. The first-order chi connectivity index (χ1) is 12.4. The van der Waals surface area contributed by atoms with Crippen molar-refractivity contribution in [1.29, 1.82) is 0 Å². The highest BCUT2D eigenvalue weighted by atomic mass is 32.2. The van der Waals surface area contributed by atoms with E-state index < -0.39 is 11.7 Å². The van der Waals surface area contributed by atoms with E-state index in [0.29, 0.717) is 44.4 Å². The van der Waals surface area contributed by atoms with Crippen molar-refractivity contribution >= 4 is 17.7 Å². The highest BCUT2D eigenvalue weighted by Gasteiger charge is 2.31. The molecular weight excluding hydrogens is 365 g/mol. The third kappa shape index (κ3) is 6.34. The van der Waals surface area contributed by atoms with E-state index in [0.717, 1.165) is 17.7 Å². The van der Waals surface area contributed by atoms with Crippen molar-refractivity contribution in [1.82, 2.24) is 10.2 Å². The lowest BCUT2D eigenvalue weighted by Crippen LogP contribution is -2.44. The smallest absolute Gasteiger partial charge is 0.379 e. The van der Waals surface area contributed by atoms with Crippen LogP contribution in [0.25, 0.3) is 0 Å². The first-order valence-corrected chi connectivity index (χ1v) is 9.51. The molecule has 144 valence electrons. The van der Waals surface area contributed by atoms with Crippen LogP contribution in [0.1, 0.15) is 17.2 Å². The lowest BCUT2D eigenvalue weighted by molar-refractivity contribution is -0.137. The van der Waals surface area contributed by atoms with Gasteiger partial charge >= 0.3 is 6.18 Å². The fourth-order valence-corrected chi connectivity index (χ4v) is 3.31.